The zero-order chi connectivity index (χ0) is 17.3. The first-order valence-corrected chi connectivity index (χ1v) is 8.71. The SMILES string of the molecule is CCOC(=O)c1nc(-c2ccccc2)oc1CN1CCC2(COC2)C1. The lowest BCUT2D eigenvalue weighted by molar-refractivity contribution is -0.105. The van der Waals surface area contributed by atoms with Gasteiger partial charge in [-0.2, -0.15) is 0 Å². The van der Waals surface area contributed by atoms with Crippen LogP contribution in [0.25, 0.3) is 11.5 Å². The normalized spacial score (nSPS) is 19.1. The van der Waals surface area contributed by atoms with Crippen molar-refractivity contribution in [1.29, 1.82) is 0 Å². The minimum Gasteiger partial charge on any atom is -0.461 e. The van der Waals surface area contributed by atoms with Crippen LogP contribution in [0.3, 0.4) is 0 Å². The second-order valence-electron chi connectivity index (χ2n) is 6.83. The summed E-state index contributed by atoms with van der Waals surface area (Å²) in [6, 6.07) is 9.61. The smallest absolute Gasteiger partial charge is 0.360 e. The first kappa shape index (κ1) is 16.3. The molecule has 0 N–H and O–H groups in total. The van der Waals surface area contributed by atoms with Crippen LogP contribution in [0.15, 0.2) is 34.7 Å². The van der Waals surface area contributed by atoms with Crippen molar-refractivity contribution in [3.63, 3.8) is 0 Å². The van der Waals surface area contributed by atoms with Gasteiger partial charge in [-0.3, -0.25) is 4.90 Å². The van der Waals surface area contributed by atoms with E-state index < -0.39 is 5.97 Å². The highest BCUT2D eigenvalue weighted by atomic mass is 16.5. The Morgan fingerprint density at radius 1 is 1.32 bits per heavy atom. The van der Waals surface area contributed by atoms with Gasteiger partial charge >= 0.3 is 5.97 Å². The molecule has 2 fully saturated rings. The van der Waals surface area contributed by atoms with Crippen molar-refractivity contribution >= 4 is 5.97 Å². The molecule has 0 unspecified atom stereocenters. The van der Waals surface area contributed by atoms with Crippen molar-refractivity contribution in [3.8, 4) is 11.5 Å². The van der Waals surface area contributed by atoms with E-state index in [2.05, 4.69) is 9.88 Å². The number of esters is 1. The van der Waals surface area contributed by atoms with Gasteiger partial charge in [0.25, 0.3) is 0 Å². The topological polar surface area (TPSA) is 64.8 Å². The van der Waals surface area contributed by atoms with Gasteiger partial charge in [0.15, 0.2) is 11.5 Å². The summed E-state index contributed by atoms with van der Waals surface area (Å²) in [5.74, 6) is 0.610. The number of hydrogen-bond donors (Lipinski definition) is 0. The van der Waals surface area contributed by atoms with Gasteiger partial charge in [0.1, 0.15) is 0 Å². The lowest BCUT2D eigenvalue weighted by atomic mass is 9.85. The molecule has 4 rings (SSSR count). The fraction of sp³-hybridized carbons (Fsp3) is 0.474. The number of nitrogens with zero attached hydrogens (tertiary/aromatic N) is 2. The molecule has 3 heterocycles. The number of aromatic nitrogens is 1. The van der Waals surface area contributed by atoms with Gasteiger partial charge in [-0.15, -0.1) is 0 Å². The van der Waals surface area contributed by atoms with Crippen LogP contribution in [-0.2, 0) is 16.0 Å². The van der Waals surface area contributed by atoms with Gasteiger partial charge in [-0.05, 0) is 32.0 Å². The van der Waals surface area contributed by atoms with Crippen LogP contribution in [0.1, 0.15) is 29.6 Å². The van der Waals surface area contributed by atoms with E-state index in [-0.39, 0.29) is 5.69 Å². The molecule has 0 bridgehead atoms. The molecular weight excluding hydrogens is 320 g/mol. The number of oxazole rings is 1. The maximum atomic E-state index is 12.3. The summed E-state index contributed by atoms with van der Waals surface area (Å²) < 4.78 is 16.5. The minimum absolute atomic E-state index is 0.284. The van der Waals surface area contributed by atoms with E-state index in [1.54, 1.807) is 6.92 Å². The van der Waals surface area contributed by atoms with Crippen molar-refractivity contribution in [3.05, 3.63) is 41.8 Å². The quantitative estimate of drug-likeness (QED) is 0.779. The summed E-state index contributed by atoms with van der Waals surface area (Å²) in [7, 11) is 0. The second kappa shape index (κ2) is 6.61. The van der Waals surface area contributed by atoms with Crippen molar-refractivity contribution in [1.82, 2.24) is 9.88 Å². The lowest BCUT2D eigenvalue weighted by Crippen LogP contribution is -2.44. The summed E-state index contributed by atoms with van der Waals surface area (Å²) in [4.78, 5) is 19.0. The zero-order valence-electron chi connectivity index (χ0n) is 14.4. The molecule has 0 amide bonds. The molecule has 2 saturated heterocycles. The number of ether oxygens (including phenoxy) is 2. The van der Waals surface area contributed by atoms with Crippen LogP contribution in [0, 0.1) is 5.41 Å². The number of rotatable bonds is 5. The molecule has 0 atom stereocenters. The van der Waals surface area contributed by atoms with Gasteiger partial charge < -0.3 is 13.9 Å². The fourth-order valence-electron chi connectivity index (χ4n) is 3.51. The summed E-state index contributed by atoms with van der Waals surface area (Å²) in [6.45, 7) is 6.28. The highest BCUT2D eigenvalue weighted by molar-refractivity contribution is 5.89. The standard InChI is InChI=1S/C19H22N2O4/c1-2-24-18(22)16-15(10-21-9-8-19(11-21)12-23-13-19)25-17(20-16)14-6-4-3-5-7-14/h3-7H,2,8-13H2,1H3. The Balaban J connectivity index is 1.58. The van der Waals surface area contributed by atoms with Crippen LogP contribution in [-0.4, -0.2) is 48.8 Å². The Hall–Kier alpha value is -2.18. The molecule has 0 saturated carbocycles. The Bertz CT molecular complexity index is 752. The van der Waals surface area contributed by atoms with Crippen LogP contribution in [0.5, 0.6) is 0 Å². The van der Waals surface area contributed by atoms with Crippen molar-refractivity contribution in [2.45, 2.75) is 19.9 Å². The molecule has 6 heteroatoms. The van der Waals surface area contributed by atoms with Gasteiger partial charge in [-0.25, -0.2) is 9.78 Å². The monoisotopic (exact) mass is 342 g/mol. The van der Waals surface area contributed by atoms with Crippen LogP contribution in [0.4, 0.5) is 0 Å². The summed E-state index contributed by atoms with van der Waals surface area (Å²) in [6.07, 6.45) is 1.13. The third kappa shape index (κ3) is 3.19. The number of hydrogen-bond acceptors (Lipinski definition) is 6. The predicted octanol–water partition coefficient (Wildman–Crippen LogP) is 2.74. The molecule has 25 heavy (non-hydrogen) atoms. The number of likely N-dealkylation sites (tertiary alicyclic amines) is 1. The third-order valence-electron chi connectivity index (χ3n) is 4.89. The van der Waals surface area contributed by atoms with Crippen LogP contribution < -0.4 is 0 Å². The van der Waals surface area contributed by atoms with E-state index in [0.717, 1.165) is 38.3 Å². The number of carbonyl (C=O) groups is 1. The highest BCUT2D eigenvalue weighted by Crippen LogP contribution is 2.38. The predicted molar refractivity (Wildman–Crippen MR) is 91.0 cm³/mol. The Kier molecular flexibility index (Phi) is 4.31. The van der Waals surface area contributed by atoms with E-state index >= 15 is 0 Å². The molecule has 0 aliphatic carbocycles. The first-order chi connectivity index (χ1) is 12.2. The van der Waals surface area contributed by atoms with Crippen LogP contribution >= 0.6 is 0 Å². The Morgan fingerprint density at radius 2 is 2.12 bits per heavy atom. The molecule has 2 aliphatic rings. The molecule has 2 aromatic rings. The molecule has 1 spiro atoms. The first-order valence-electron chi connectivity index (χ1n) is 8.71. The molecule has 2 aliphatic heterocycles. The minimum atomic E-state index is -0.427. The maximum Gasteiger partial charge on any atom is 0.360 e. The zero-order valence-corrected chi connectivity index (χ0v) is 14.4. The molecule has 6 nitrogen and oxygen atoms in total. The van der Waals surface area contributed by atoms with E-state index in [1.807, 2.05) is 30.3 Å². The molecule has 0 radical (unpaired) electrons. The van der Waals surface area contributed by atoms with Gasteiger partial charge in [-0.1, -0.05) is 18.2 Å². The Labute approximate surface area is 146 Å². The van der Waals surface area contributed by atoms with E-state index in [9.17, 15) is 4.79 Å². The van der Waals surface area contributed by atoms with E-state index in [0.29, 0.717) is 30.2 Å². The van der Waals surface area contributed by atoms with E-state index in [1.165, 1.54) is 0 Å². The van der Waals surface area contributed by atoms with Crippen LogP contribution in [0.2, 0.25) is 0 Å². The largest absolute Gasteiger partial charge is 0.461 e. The summed E-state index contributed by atoms with van der Waals surface area (Å²) >= 11 is 0. The van der Waals surface area contributed by atoms with Gasteiger partial charge in [0.05, 0.1) is 26.4 Å². The summed E-state index contributed by atoms with van der Waals surface area (Å²) in [5.41, 5.74) is 1.43. The highest BCUT2D eigenvalue weighted by Gasteiger charge is 2.44. The average Bonchev–Trinajstić information content (AvgIpc) is 3.21. The third-order valence-corrected chi connectivity index (χ3v) is 4.89. The second-order valence-corrected chi connectivity index (χ2v) is 6.83. The molecule has 132 valence electrons. The van der Waals surface area contributed by atoms with Crippen molar-refractivity contribution < 1.29 is 18.7 Å². The fourth-order valence-corrected chi connectivity index (χ4v) is 3.51. The molecule has 1 aromatic heterocycles. The maximum absolute atomic E-state index is 12.3. The van der Waals surface area contributed by atoms with Gasteiger partial charge in [0, 0.05) is 17.5 Å². The Morgan fingerprint density at radius 3 is 2.76 bits per heavy atom. The lowest BCUT2D eigenvalue weighted by Gasteiger charge is -2.37. The molecule has 1 aromatic carbocycles. The number of benzene rings is 1. The summed E-state index contributed by atoms with van der Waals surface area (Å²) in [5, 5.41) is 0. The number of carbonyl (C=O) groups excluding carboxylic acids is 1. The van der Waals surface area contributed by atoms with E-state index in [4.69, 9.17) is 13.9 Å². The van der Waals surface area contributed by atoms with Crippen molar-refractivity contribution in [2.75, 3.05) is 32.9 Å². The molecular formula is C19H22N2O4. The van der Waals surface area contributed by atoms with Gasteiger partial charge in [0.2, 0.25) is 5.89 Å². The average molecular weight is 342 g/mol. The van der Waals surface area contributed by atoms with Crippen molar-refractivity contribution in [2.24, 2.45) is 5.41 Å².